The number of amides is 3. The van der Waals surface area contributed by atoms with Crippen LogP contribution in [-0.4, -0.2) is 54.6 Å². The number of piperidine rings is 1. The van der Waals surface area contributed by atoms with Crippen molar-refractivity contribution in [3.8, 4) is 0 Å². The van der Waals surface area contributed by atoms with Gasteiger partial charge >= 0.3 is 6.09 Å². The van der Waals surface area contributed by atoms with Gasteiger partial charge in [-0.1, -0.05) is 32.1 Å². The summed E-state index contributed by atoms with van der Waals surface area (Å²) in [5.41, 5.74) is -0.577. The van der Waals surface area contributed by atoms with E-state index in [1.807, 2.05) is 0 Å². The molecule has 166 valence electrons. The summed E-state index contributed by atoms with van der Waals surface area (Å²) in [5.74, 6) is 1.22. The van der Waals surface area contributed by atoms with Crippen molar-refractivity contribution in [2.24, 2.45) is 11.8 Å². The standard InChI is InChI=1S/C22H39N3O4/c1-22(2,3)29-21(28)24-16-20(27)25-13-11-18(12-14-25)15-23-19(26)10-9-17-7-5-4-6-8-17/h17-18H,4-16H2,1-3H3,(H,23,26)(H,24,28). The Morgan fingerprint density at radius 3 is 2.21 bits per heavy atom. The maximum Gasteiger partial charge on any atom is 0.408 e. The Balaban J connectivity index is 1.56. The van der Waals surface area contributed by atoms with Crippen LogP contribution in [0, 0.1) is 11.8 Å². The topological polar surface area (TPSA) is 87.7 Å². The Labute approximate surface area is 175 Å². The van der Waals surface area contributed by atoms with Crippen molar-refractivity contribution in [2.45, 2.75) is 84.2 Å². The molecule has 0 aromatic heterocycles. The van der Waals surface area contributed by atoms with Gasteiger partial charge in [0.1, 0.15) is 12.1 Å². The molecule has 2 fully saturated rings. The first-order valence-electron chi connectivity index (χ1n) is 11.2. The number of alkyl carbamates (subject to hydrolysis) is 1. The number of hydrogen-bond acceptors (Lipinski definition) is 4. The zero-order valence-corrected chi connectivity index (χ0v) is 18.4. The van der Waals surface area contributed by atoms with Gasteiger partial charge in [-0.3, -0.25) is 9.59 Å². The van der Waals surface area contributed by atoms with Gasteiger partial charge in [0.2, 0.25) is 11.8 Å². The van der Waals surface area contributed by atoms with Crippen molar-refractivity contribution in [3.05, 3.63) is 0 Å². The lowest BCUT2D eigenvalue weighted by atomic mass is 9.86. The van der Waals surface area contributed by atoms with Crippen molar-refractivity contribution in [2.75, 3.05) is 26.2 Å². The number of likely N-dealkylation sites (tertiary alicyclic amines) is 1. The largest absolute Gasteiger partial charge is 0.444 e. The lowest BCUT2D eigenvalue weighted by molar-refractivity contribution is -0.131. The van der Waals surface area contributed by atoms with Gasteiger partial charge in [-0.2, -0.15) is 0 Å². The Kier molecular flexibility index (Phi) is 9.24. The van der Waals surface area contributed by atoms with E-state index in [4.69, 9.17) is 4.74 Å². The summed E-state index contributed by atoms with van der Waals surface area (Å²) in [6.07, 6.45) is 9.38. The minimum atomic E-state index is -0.577. The van der Waals surface area contributed by atoms with Crippen LogP contribution in [0.1, 0.15) is 78.6 Å². The summed E-state index contributed by atoms with van der Waals surface area (Å²) in [7, 11) is 0. The highest BCUT2D eigenvalue weighted by molar-refractivity contribution is 5.82. The molecule has 2 rings (SSSR count). The quantitative estimate of drug-likeness (QED) is 0.676. The molecule has 1 aliphatic heterocycles. The second kappa shape index (κ2) is 11.4. The van der Waals surface area contributed by atoms with Gasteiger partial charge in [0.25, 0.3) is 0 Å². The van der Waals surface area contributed by atoms with E-state index in [1.165, 1.54) is 32.1 Å². The molecule has 29 heavy (non-hydrogen) atoms. The van der Waals surface area contributed by atoms with Gasteiger partial charge < -0.3 is 20.3 Å². The molecule has 0 radical (unpaired) electrons. The van der Waals surface area contributed by atoms with Crippen molar-refractivity contribution in [3.63, 3.8) is 0 Å². The Hall–Kier alpha value is -1.79. The minimum absolute atomic E-state index is 0.0442. The molecular weight excluding hydrogens is 370 g/mol. The van der Waals surface area contributed by atoms with Gasteiger partial charge in [-0.15, -0.1) is 0 Å². The van der Waals surface area contributed by atoms with E-state index in [0.29, 0.717) is 32.0 Å². The molecule has 3 amide bonds. The van der Waals surface area contributed by atoms with Gasteiger partial charge in [-0.25, -0.2) is 4.79 Å². The summed E-state index contributed by atoms with van der Waals surface area (Å²) in [6, 6.07) is 0. The number of carbonyl (C=O) groups is 3. The molecule has 1 saturated carbocycles. The fraction of sp³-hybridized carbons (Fsp3) is 0.864. The molecule has 0 aromatic rings. The zero-order chi connectivity index (χ0) is 21.3. The molecule has 0 bridgehead atoms. The van der Waals surface area contributed by atoms with Crippen LogP contribution in [0.25, 0.3) is 0 Å². The Morgan fingerprint density at radius 1 is 0.931 bits per heavy atom. The molecular formula is C22H39N3O4. The predicted octanol–water partition coefficient (Wildman–Crippen LogP) is 3.23. The first kappa shape index (κ1) is 23.5. The summed E-state index contributed by atoms with van der Waals surface area (Å²) in [6.45, 7) is 7.34. The van der Waals surface area contributed by atoms with Crippen molar-refractivity contribution in [1.82, 2.24) is 15.5 Å². The summed E-state index contributed by atoms with van der Waals surface area (Å²) >= 11 is 0. The van der Waals surface area contributed by atoms with Crippen LogP contribution in [0.4, 0.5) is 4.79 Å². The van der Waals surface area contributed by atoms with E-state index >= 15 is 0 Å². The third-order valence-electron chi connectivity index (χ3n) is 5.84. The first-order valence-corrected chi connectivity index (χ1v) is 11.2. The van der Waals surface area contributed by atoms with Crippen LogP contribution in [0.5, 0.6) is 0 Å². The van der Waals surface area contributed by atoms with Gasteiger partial charge in [0, 0.05) is 26.1 Å². The lowest BCUT2D eigenvalue weighted by Gasteiger charge is -2.32. The fourth-order valence-electron chi connectivity index (χ4n) is 4.12. The second-order valence-electron chi connectivity index (χ2n) is 9.53. The van der Waals surface area contributed by atoms with E-state index < -0.39 is 11.7 Å². The van der Waals surface area contributed by atoms with Crippen LogP contribution in [0.3, 0.4) is 0 Å². The van der Waals surface area contributed by atoms with Gasteiger partial charge in [0.15, 0.2) is 0 Å². The second-order valence-corrected chi connectivity index (χ2v) is 9.53. The Bertz CT molecular complexity index is 545. The molecule has 1 saturated heterocycles. The number of carbonyl (C=O) groups excluding carboxylic acids is 3. The normalized spacial score (nSPS) is 18.9. The van der Waals surface area contributed by atoms with Crippen molar-refractivity contribution in [1.29, 1.82) is 0 Å². The molecule has 1 heterocycles. The summed E-state index contributed by atoms with van der Waals surface area (Å²) in [4.78, 5) is 37.8. The van der Waals surface area contributed by atoms with Crippen LogP contribution >= 0.6 is 0 Å². The molecule has 0 aromatic carbocycles. The van der Waals surface area contributed by atoms with E-state index in [-0.39, 0.29) is 18.4 Å². The lowest BCUT2D eigenvalue weighted by Crippen LogP contribution is -2.46. The first-order chi connectivity index (χ1) is 13.7. The molecule has 0 unspecified atom stereocenters. The predicted molar refractivity (Wildman–Crippen MR) is 112 cm³/mol. The summed E-state index contributed by atoms with van der Waals surface area (Å²) in [5, 5.41) is 5.60. The molecule has 2 aliphatic rings. The van der Waals surface area contributed by atoms with E-state index in [2.05, 4.69) is 10.6 Å². The zero-order valence-electron chi connectivity index (χ0n) is 18.4. The maximum atomic E-state index is 12.3. The minimum Gasteiger partial charge on any atom is -0.444 e. The molecule has 7 heteroatoms. The SMILES string of the molecule is CC(C)(C)OC(=O)NCC(=O)N1CCC(CNC(=O)CCC2CCCCC2)CC1. The highest BCUT2D eigenvalue weighted by Gasteiger charge is 2.24. The monoisotopic (exact) mass is 409 g/mol. The van der Waals surface area contributed by atoms with Crippen LogP contribution < -0.4 is 10.6 Å². The van der Waals surface area contributed by atoms with E-state index in [1.54, 1.807) is 25.7 Å². The average Bonchev–Trinajstić information content (AvgIpc) is 2.69. The summed E-state index contributed by atoms with van der Waals surface area (Å²) < 4.78 is 5.14. The smallest absolute Gasteiger partial charge is 0.408 e. The third-order valence-corrected chi connectivity index (χ3v) is 5.84. The maximum absolute atomic E-state index is 12.3. The van der Waals surface area contributed by atoms with Crippen molar-refractivity contribution < 1.29 is 19.1 Å². The van der Waals surface area contributed by atoms with Gasteiger partial charge in [0.05, 0.1) is 0 Å². The van der Waals surface area contributed by atoms with Crippen molar-refractivity contribution >= 4 is 17.9 Å². The molecule has 1 aliphatic carbocycles. The van der Waals surface area contributed by atoms with Crippen LogP contribution in [-0.2, 0) is 14.3 Å². The third kappa shape index (κ3) is 9.50. The number of hydrogen-bond donors (Lipinski definition) is 2. The van der Waals surface area contributed by atoms with Crippen LogP contribution in [0.15, 0.2) is 0 Å². The number of ether oxygens (including phenoxy) is 1. The molecule has 0 atom stereocenters. The average molecular weight is 410 g/mol. The van der Waals surface area contributed by atoms with Crippen LogP contribution in [0.2, 0.25) is 0 Å². The fourth-order valence-corrected chi connectivity index (χ4v) is 4.12. The molecule has 7 nitrogen and oxygen atoms in total. The molecule has 0 spiro atoms. The number of rotatable bonds is 7. The highest BCUT2D eigenvalue weighted by Crippen LogP contribution is 2.27. The van der Waals surface area contributed by atoms with E-state index in [9.17, 15) is 14.4 Å². The van der Waals surface area contributed by atoms with Gasteiger partial charge in [-0.05, 0) is 51.9 Å². The highest BCUT2D eigenvalue weighted by atomic mass is 16.6. The number of nitrogens with one attached hydrogen (secondary N) is 2. The molecule has 2 N–H and O–H groups in total. The van der Waals surface area contributed by atoms with E-state index in [0.717, 1.165) is 25.2 Å². The Morgan fingerprint density at radius 2 is 1.59 bits per heavy atom. The number of nitrogens with zero attached hydrogens (tertiary/aromatic N) is 1.